The number of halogens is 3. The maximum atomic E-state index is 13.3. The summed E-state index contributed by atoms with van der Waals surface area (Å²) in [5.74, 6) is 0.00794. The van der Waals surface area contributed by atoms with E-state index in [0.29, 0.717) is 15.1 Å². The summed E-state index contributed by atoms with van der Waals surface area (Å²) in [6, 6.07) is 11.3. The molecule has 2 aromatic rings. The lowest BCUT2D eigenvalue weighted by molar-refractivity contribution is 0.602. The van der Waals surface area contributed by atoms with Crippen LogP contribution in [0.1, 0.15) is 5.56 Å². The number of thioether (sulfide) groups is 1. The molecule has 0 amide bonds. The van der Waals surface area contributed by atoms with Gasteiger partial charge in [0.25, 0.3) is 0 Å². The normalized spacial score (nSPS) is 10.5. The van der Waals surface area contributed by atoms with Crippen LogP contribution in [-0.2, 0) is 5.75 Å². The molecule has 0 saturated heterocycles. The highest BCUT2D eigenvalue weighted by Crippen LogP contribution is 2.26. The molecule has 0 unspecified atom stereocenters. The lowest BCUT2D eigenvalue weighted by Crippen LogP contribution is -1.85. The predicted octanol–water partition coefficient (Wildman–Crippen LogP) is 5.02. The molecule has 0 bridgehead atoms. The van der Waals surface area contributed by atoms with Crippen molar-refractivity contribution >= 4 is 27.7 Å². The summed E-state index contributed by atoms with van der Waals surface area (Å²) in [7, 11) is 0. The van der Waals surface area contributed by atoms with Crippen LogP contribution in [0, 0.1) is 11.6 Å². The van der Waals surface area contributed by atoms with Crippen molar-refractivity contribution in [3.8, 4) is 0 Å². The Bertz CT molecular complexity index is 508. The molecule has 0 spiro atoms. The first-order valence-electron chi connectivity index (χ1n) is 4.97. The van der Waals surface area contributed by atoms with E-state index < -0.39 is 0 Å². The Labute approximate surface area is 111 Å². The van der Waals surface area contributed by atoms with Crippen LogP contribution in [0.4, 0.5) is 8.78 Å². The van der Waals surface area contributed by atoms with Gasteiger partial charge in [-0.05, 0) is 35.9 Å². The summed E-state index contributed by atoms with van der Waals surface area (Å²) >= 11 is 4.59. The van der Waals surface area contributed by atoms with Crippen molar-refractivity contribution in [1.29, 1.82) is 0 Å². The molecule has 0 saturated carbocycles. The van der Waals surface area contributed by atoms with Gasteiger partial charge in [-0.3, -0.25) is 0 Å². The summed E-state index contributed by atoms with van der Waals surface area (Å²) in [5.41, 5.74) is 0.824. The fraction of sp³-hybridized carbons (Fsp3) is 0.0769. The van der Waals surface area contributed by atoms with Gasteiger partial charge in [0, 0.05) is 15.1 Å². The first kappa shape index (κ1) is 12.6. The molecule has 2 rings (SSSR count). The summed E-state index contributed by atoms with van der Waals surface area (Å²) < 4.78 is 27.2. The first-order valence-corrected chi connectivity index (χ1v) is 6.75. The average Bonchev–Trinajstić information content (AvgIpc) is 2.27. The van der Waals surface area contributed by atoms with E-state index >= 15 is 0 Å². The third-order valence-corrected chi connectivity index (χ3v) is 3.73. The maximum absolute atomic E-state index is 13.3. The van der Waals surface area contributed by atoms with E-state index in [9.17, 15) is 8.78 Å². The van der Waals surface area contributed by atoms with Crippen molar-refractivity contribution < 1.29 is 8.78 Å². The Balaban J connectivity index is 2.10. The second-order valence-electron chi connectivity index (χ2n) is 3.50. The predicted molar refractivity (Wildman–Crippen MR) is 70.1 cm³/mol. The standard InChI is InChI=1S/C13H9BrF2S/c14-10-5-9(6-11(15)7-10)8-17-13-4-2-1-3-12(13)16/h1-7H,8H2. The van der Waals surface area contributed by atoms with E-state index in [1.165, 1.54) is 30.0 Å². The lowest BCUT2D eigenvalue weighted by atomic mass is 10.2. The molecular formula is C13H9BrF2S. The van der Waals surface area contributed by atoms with Gasteiger partial charge in [-0.25, -0.2) is 8.78 Å². The van der Waals surface area contributed by atoms with E-state index in [4.69, 9.17) is 0 Å². The highest BCUT2D eigenvalue weighted by Gasteiger charge is 2.03. The average molecular weight is 315 g/mol. The minimum Gasteiger partial charge on any atom is -0.207 e. The highest BCUT2D eigenvalue weighted by atomic mass is 79.9. The molecule has 0 aliphatic heterocycles. The quantitative estimate of drug-likeness (QED) is 0.717. The molecule has 0 nitrogen and oxygen atoms in total. The van der Waals surface area contributed by atoms with Crippen LogP contribution in [0.5, 0.6) is 0 Å². The van der Waals surface area contributed by atoms with Gasteiger partial charge in [0.2, 0.25) is 0 Å². The summed E-state index contributed by atoms with van der Waals surface area (Å²) in [5, 5.41) is 0. The first-order chi connectivity index (χ1) is 8.15. The molecular weight excluding hydrogens is 306 g/mol. The largest absolute Gasteiger partial charge is 0.207 e. The number of hydrogen-bond acceptors (Lipinski definition) is 1. The molecule has 0 aromatic heterocycles. The van der Waals surface area contributed by atoms with E-state index in [2.05, 4.69) is 15.9 Å². The van der Waals surface area contributed by atoms with E-state index in [1.807, 2.05) is 6.07 Å². The van der Waals surface area contributed by atoms with Crippen molar-refractivity contribution in [1.82, 2.24) is 0 Å². The molecule has 0 heterocycles. The molecule has 0 aliphatic rings. The Morgan fingerprint density at radius 3 is 2.53 bits per heavy atom. The third-order valence-electron chi connectivity index (χ3n) is 2.15. The fourth-order valence-corrected chi connectivity index (χ4v) is 2.80. The van der Waals surface area contributed by atoms with Crippen molar-refractivity contribution in [2.24, 2.45) is 0 Å². The Kier molecular flexibility index (Phi) is 4.18. The van der Waals surface area contributed by atoms with Crippen molar-refractivity contribution in [2.75, 3.05) is 0 Å². The van der Waals surface area contributed by atoms with E-state index in [0.717, 1.165) is 5.56 Å². The molecule has 0 radical (unpaired) electrons. The van der Waals surface area contributed by atoms with Gasteiger partial charge in [0.15, 0.2) is 0 Å². The second-order valence-corrected chi connectivity index (χ2v) is 5.43. The molecule has 17 heavy (non-hydrogen) atoms. The van der Waals surface area contributed by atoms with Gasteiger partial charge < -0.3 is 0 Å². The molecule has 0 aliphatic carbocycles. The second kappa shape index (κ2) is 5.65. The van der Waals surface area contributed by atoms with Crippen molar-refractivity contribution in [3.05, 3.63) is 64.1 Å². The molecule has 88 valence electrons. The van der Waals surface area contributed by atoms with Crippen LogP contribution in [0.3, 0.4) is 0 Å². The van der Waals surface area contributed by atoms with Crippen LogP contribution in [0.25, 0.3) is 0 Å². The number of hydrogen-bond donors (Lipinski definition) is 0. The molecule has 0 fully saturated rings. The highest BCUT2D eigenvalue weighted by molar-refractivity contribution is 9.10. The van der Waals surface area contributed by atoms with E-state index in [1.54, 1.807) is 18.2 Å². The number of rotatable bonds is 3. The lowest BCUT2D eigenvalue weighted by Gasteiger charge is -2.04. The van der Waals surface area contributed by atoms with E-state index in [-0.39, 0.29) is 11.6 Å². The molecule has 4 heteroatoms. The summed E-state index contributed by atoms with van der Waals surface area (Å²) in [4.78, 5) is 0.577. The van der Waals surface area contributed by atoms with Crippen LogP contribution in [0.2, 0.25) is 0 Å². The SMILES string of the molecule is Fc1cc(Br)cc(CSc2ccccc2F)c1. The van der Waals surface area contributed by atoms with Crippen LogP contribution in [-0.4, -0.2) is 0 Å². The smallest absolute Gasteiger partial charge is 0.136 e. The Morgan fingerprint density at radius 2 is 1.82 bits per heavy atom. The van der Waals surface area contributed by atoms with Gasteiger partial charge >= 0.3 is 0 Å². The van der Waals surface area contributed by atoms with Gasteiger partial charge in [0.05, 0.1) is 0 Å². The van der Waals surface area contributed by atoms with Gasteiger partial charge in [-0.1, -0.05) is 28.1 Å². The minimum atomic E-state index is -0.288. The molecule has 2 aromatic carbocycles. The summed E-state index contributed by atoms with van der Waals surface area (Å²) in [6.07, 6.45) is 0. The number of benzene rings is 2. The maximum Gasteiger partial charge on any atom is 0.136 e. The third kappa shape index (κ3) is 3.54. The molecule has 0 atom stereocenters. The van der Waals surface area contributed by atoms with Crippen LogP contribution >= 0.6 is 27.7 Å². The van der Waals surface area contributed by atoms with Crippen LogP contribution < -0.4 is 0 Å². The minimum absolute atomic E-state index is 0.243. The molecule has 0 N–H and O–H groups in total. The topological polar surface area (TPSA) is 0 Å². The zero-order chi connectivity index (χ0) is 12.3. The van der Waals surface area contributed by atoms with Gasteiger partial charge in [-0.2, -0.15) is 0 Å². The Hall–Kier alpha value is -0.870. The van der Waals surface area contributed by atoms with Crippen molar-refractivity contribution in [3.63, 3.8) is 0 Å². The summed E-state index contributed by atoms with van der Waals surface area (Å²) in [6.45, 7) is 0. The zero-order valence-electron chi connectivity index (χ0n) is 8.79. The zero-order valence-corrected chi connectivity index (χ0v) is 11.2. The van der Waals surface area contributed by atoms with Gasteiger partial charge in [0.1, 0.15) is 11.6 Å². The van der Waals surface area contributed by atoms with Crippen molar-refractivity contribution in [2.45, 2.75) is 10.6 Å². The van der Waals surface area contributed by atoms with Gasteiger partial charge in [-0.15, -0.1) is 11.8 Å². The monoisotopic (exact) mass is 314 g/mol. The van der Waals surface area contributed by atoms with Crippen LogP contribution in [0.15, 0.2) is 51.8 Å². The Morgan fingerprint density at radius 1 is 1.06 bits per heavy atom. The fourth-order valence-electron chi connectivity index (χ4n) is 1.42.